The van der Waals surface area contributed by atoms with Gasteiger partial charge in [0.25, 0.3) is 5.91 Å². The number of carbonyl (C=O) groups is 2. The summed E-state index contributed by atoms with van der Waals surface area (Å²) in [7, 11) is 0. The third-order valence-corrected chi connectivity index (χ3v) is 2.46. The molecule has 18 heavy (non-hydrogen) atoms. The largest absolute Gasteiger partial charge is 0.476 e. The second-order valence-corrected chi connectivity index (χ2v) is 3.78. The van der Waals surface area contributed by atoms with E-state index in [2.05, 4.69) is 24.4 Å². The van der Waals surface area contributed by atoms with E-state index in [4.69, 9.17) is 5.11 Å². The van der Waals surface area contributed by atoms with Crippen LogP contribution in [0.4, 0.5) is 0 Å². The van der Waals surface area contributed by atoms with Crippen molar-refractivity contribution in [1.82, 2.24) is 29.1 Å². The molecule has 0 saturated carbocycles. The van der Waals surface area contributed by atoms with E-state index in [9.17, 15) is 9.59 Å². The van der Waals surface area contributed by atoms with Crippen LogP contribution in [0.25, 0.3) is 0 Å². The molecule has 0 aliphatic heterocycles. The minimum Gasteiger partial charge on any atom is -0.476 e. The van der Waals surface area contributed by atoms with Crippen molar-refractivity contribution in [2.75, 3.05) is 6.54 Å². The molecule has 9 nitrogen and oxygen atoms in total. The first-order valence-corrected chi connectivity index (χ1v) is 5.59. The highest BCUT2D eigenvalue weighted by atomic mass is 32.1. The predicted octanol–water partition coefficient (Wildman–Crippen LogP) is -0.742. The van der Waals surface area contributed by atoms with Crippen LogP contribution in [-0.2, 0) is 6.54 Å². The summed E-state index contributed by atoms with van der Waals surface area (Å²) >= 11 is 0.951. The minimum absolute atomic E-state index is 0.134. The molecule has 2 heterocycles. The van der Waals surface area contributed by atoms with Crippen LogP contribution in [0.3, 0.4) is 0 Å². The second-order valence-electron chi connectivity index (χ2n) is 3.22. The summed E-state index contributed by atoms with van der Waals surface area (Å²) in [6.07, 6.45) is 2.66. The fourth-order valence-electron chi connectivity index (χ4n) is 1.14. The van der Waals surface area contributed by atoms with Crippen LogP contribution in [0.2, 0.25) is 0 Å². The van der Waals surface area contributed by atoms with Gasteiger partial charge in [0.2, 0.25) is 0 Å². The molecular formula is C8H8N6O3S. The zero-order valence-corrected chi connectivity index (χ0v) is 9.79. The summed E-state index contributed by atoms with van der Waals surface area (Å²) < 4.78 is 8.82. The lowest BCUT2D eigenvalue weighted by molar-refractivity contribution is 0.0690. The van der Waals surface area contributed by atoms with Gasteiger partial charge in [-0.15, -0.1) is 5.10 Å². The van der Waals surface area contributed by atoms with Gasteiger partial charge in [-0.1, -0.05) is 5.21 Å². The molecule has 2 rings (SSSR count). The molecule has 0 saturated heterocycles. The Labute approximate surface area is 105 Å². The Hall–Kier alpha value is -2.36. The van der Waals surface area contributed by atoms with E-state index in [1.54, 1.807) is 0 Å². The Morgan fingerprint density at radius 3 is 2.89 bits per heavy atom. The van der Waals surface area contributed by atoms with Crippen molar-refractivity contribution in [1.29, 1.82) is 0 Å². The molecule has 94 valence electrons. The third-order valence-electron chi connectivity index (χ3n) is 1.98. The number of nitrogens with one attached hydrogen (secondary N) is 1. The van der Waals surface area contributed by atoms with E-state index < -0.39 is 5.97 Å². The number of carbonyl (C=O) groups excluding carboxylic acids is 1. The van der Waals surface area contributed by atoms with Crippen LogP contribution in [0.15, 0.2) is 12.4 Å². The molecule has 2 aromatic rings. The van der Waals surface area contributed by atoms with E-state index in [1.165, 1.54) is 17.1 Å². The lowest BCUT2D eigenvalue weighted by Gasteiger charge is -2.01. The number of amides is 1. The van der Waals surface area contributed by atoms with E-state index in [0.717, 1.165) is 11.7 Å². The summed E-state index contributed by atoms with van der Waals surface area (Å²) in [5.41, 5.74) is 0.120. The molecule has 0 radical (unpaired) electrons. The van der Waals surface area contributed by atoms with Crippen LogP contribution < -0.4 is 5.32 Å². The summed E-state index contributed by atoms with van der Waals surface area (Å²) in [6.45, 7) is 0.613. The summed E-state index contributed by atoms with van der Waals surface area (Å²) in [5, 5.41) is 18.3. The van der Waals surface area contributed by atoms with Crippen molar-refractivity contribution in [3.05, 3.63) is 23.8 Å². The molecule has 0 atom stereocenters. The number of carboxylic acid groups (broad SMARTS) is 1. The lowest BCUT2D eigenvalue weighted by Crippen LogP contribution is -2.27. The van der Waals surface area contributed by atoms with Gasteiger partial charge in [0.05, 0.1) is 30.7 Å². The quantitative estimate of drug-likeness (QED) is 0.731. The molecule has 0 fully saturated rings. The Balaban J connectivity index is 1.81. The van der Waals surface area contributed by atoms with Gasteiger partial charge >= 0.3 is 5.97 Å². The molecule has 0 aliphatic carbocycles. The van der Waals surface area contributed by atoms with Crippen LogP contribution >= 0.6 is 11.7 Å². The number of aromatic nitrogens is 5. The number of hydrogen-bond acceptors (Lipinski definition) is 7. The van der Waals surface area contributed by atoms with Gasteiger partial charge in [0.15, 0.2) is 11.4 Å². The normalized spacial score (nSPS) is 10.2. The maximum atomic E-state index is 11.5. The minimum atomic E-state index is -1.14. The van der Waals surface area contributed by atoms with Gasteiger partial charge in [-0.25, -0.2) is 9.48 Å². The van der Waals surface area contributed by atoms with Gasteiger partial charge in [0.1, 0.15) is 0 Å². The van der Waals surface area contributed by atoms with Gasteiger partial charge in [-0.2, -0.15) is 8.75 Å². The van der Waals surface area contributed by atoms with E-state index in [-0.39, 0.29) is 17.3 Å². The molecule has 2 N–H and O–H groups in total. The first kappa shape index (κ1) is 12.1. The molecule has 2 aromatic heterocycles. The predicted molar refractivity (Wildman–Crippen MR) is 59.2 cm³/mol. The molecule has 0 bridgehead atoms. The summed E-state index contributed by atoms with van der Waals surface area (Å²) in [6, 6.07) is 0. The maximum Gasteiger partial charge on any atom is 0.358 e. The van der Waals surface area contributed by atoms with Crippen molar-refractivity contribution in [3.63, 3.8) is 0 Å². The first-order chi connectivity index (χ1) is 8.66. The van der Waals surface area contributed by atoms with Gasteiger partial charge in [-0.3, -0.25) is 4.79 Å². The Bertz CT molecular complexity index is 551. The lowest BCUT2D eigenvalue weighted by atomic mass is 10.4. The maximum absolute atomic E-state index is 11.5. The Kier molecular flexibility index (Phi) is 3.57. The van der Waals surface area contributed by atoms with Crippen molar-refractivity contribution in [2.45, 2.75) is 6.54 Å². The van der Waals surface area contributed by atoms with E-state index >= 15 is 0 Å². The number of carboxylic acids is 1. The number of nitrogens with zero attached hydrogens (tertiary/aromatic N) is 5. The molecule has 10 heteroatoms. The highest BCUT2D eigenvalue weighted by Crippen LogP contribution is 1.95. The Morgan fingerprint density at radius 2 is 2.28 bits per heavy atom. The van der Waals surface area contributed by atoms with Gasteiger partial charge in [-0.05, 0) is 0 Å². The molecular weight excluding hydrogens is 260 g/mol. The van der Waals surface area contributed by atoms with Crippen molar-refractivity contribution >= 4 is 23.6 Å². The van der Waals surface area contributed by atoms with E-state index in [1.807, 2.05) is 0 Å². The molecule has 0 aliphatic rings. The van der Waals surface area contributed by atoms with Gasteiger partial charge < -0.3 is 10.4 Å². The van der Waals surface area contributed by atoms with E-state index in [0.29, 0.717) is 13.1 Å². The van der Waals surface area contributed by atoms with Gasteiger partial charge in [0, 0.05) is 6.54 Å². The highest BCUT2D eigenvalue weighted by Gasteiger charge is 2.09. The van der Waals surface area contributed by atoms with Crippen molar-refractivity contribution < 1.29 is 14.7 Å². The molecule has 1 amide bonds. The van der Waals surface area contributed by atoms with Crippen LogP contribution in [0, 0.1) is 0 Å². The van der Waals surface area contributed by atoms with Crippen LogP contribution in [0.5, 0.6) is 0 Å². The average Bonchev–Trinajstić information content (AvgIpc) is 3.00. The SMILES string of the molecule is O=C(O)c1cn(CCNC(=O)c2cnsn2)nn1. The fourth-order valence-corrected chi connectivity index (χ4v) is 1.56. The summed E-state index contributed by atoms with van der Waals surface area (Å²) in [4.78, 5) is 22.0. The average molecular weight is 268 g/mol. The topological polar surface area (TPSA) is 123 Å². The van der Waals surface area contributed by atoms with Crippen LogP contribution in [-0.4, -0.2) is 47.3 Å². The number of aromatic carboxylic acids is 1. The molecule has 0 spiro atoms. The molecule has 0 aromatic carbocycles. The number of rotatable bonds is 5. The zero-order valence-electron chi connectivity index (χ0n) is 8.98. The standard InChI is InChI=1S/C8H8N6O3S/c15-7(5-3-10-18-12-5)9-1-2-14-4-6(8(16)17)11-13-14/h3-4H,1-2H2,(H,9,15)(H,16,17). The van der Waals surface area contributed by atoms with Crippen molar-refractivity contribution in [3.8, 4) is 0 Å². The highest BCUT2D eigenvalue weighted by molar-refractivity contribution is 6.99. The second kappa shape index (κ2) is 5.31. The monoisotopic (exact) mass is 268 g/mol. The van der Waals surface area contributed by atoms with Crippen molar-refractivity contribution in [2.24, 2.45) is 0 Å². The molecule has 0 unspecified atom stereocenters. The summed E-state index contributed by atoms with van der Waals surface area (Å²) in [5.74, 6) is -1.47. The van der Waals surface area contributed by atoms with Crippen LogP contribution in [0.1, 0.15) is 21.0 Å². The Morgan fingerprint density at radius 1 is 1.44 bits per heavy atom. The smallest absolute Gasteiger partial charge is 0.358 e. The number of hydrogen-bond donors (Lipinski definition) is 2. The first-order valence-electron chi connectivity index (χ1n) is 4.86. The zero-order chi connectivity index (χ0) is 13.0. The fraction of sp³-hybridized carbons (Fsp3) is 0.250. The third kappa shape index (κ3) is 2.85.